The summed E-state index contributed by atoms with van der Waals surface area (Å²) in [7, 11) is 0.795. The quantitative estimate of drug-likeness (QED) is 0.469. The summed E-state index contributed by atoms with van der Waals surface area (Å²) >= 11 is 0. The van der Waals surface area contributed by atoms with Crippen LogP contribution in [0.1, 0.15) is 26.8 Å². The maximum atomic E-state index is 11.9. The number of nitrogens with zero attached hydrogens (tertiary/aromatic N) is 3. The highest BCUT2D eigenvalue weighted by Crippen LogP contribution is 2.26. The number of halogens is 1. The summed E-state index contributed by atoms with van der Waals surface area (Å²) in [5.41, 5.74) is 0. The highest BCUT2D eigenvalue weighted by atomic mass is 35.7. The topological polar surface area (TPSA) is 124 Å². The van der Waals surface area contributed by atoms with Crippen LogP contribution in [0.3, 0.4) is 0 Å². The first-order valence-corrected chi connectivity index (χ1v) is 8.31. The molecule has 0 radical (unpaired) electrons. The molecule has 0 spiro atoms. The van der Waals surface area contributed by atoms with Crippen molar-refractivity contribution in [3.8, 4) is 0 Å². The Labute approximate surface area is 125 Å². The van der Waals surface area contributed by atoms with Crippen molar-refractivity contribution in [2.45, 2.75) is 31.7 Å². The molecule has 0 fully saturated rings. The second-order valence-corrected chi connectivity index (χ2v) is 7.34. The Hall–Kier alpha value is -1.68. The molecule has 0 saturated carbocycles. The van der Waals surface area contributed by atoms with Crippen molar-refractivity contribution in [1.82, 2.24) is 15.1 Å². The molecule has 0 aliphatic carbocycles. The number of nitrogens with one attached hydrogen (secondary N) is 1. The van der Waals surface area contributed by atoms with Crippen molar-refractivity contribution in [3.05, 3.63) is 16.3 Å². The molecule has 9 nitrogen and oxygen atoms in total. The molecule has 0 aliphatic rings. The largest absolute Gasteiger partial charge is 0.410 e. The van der Waals surface area contributed by atoms with Crippen LogP contribution in [-0.2, 0) is 13.8 Å². The first-order chi connectivity index (χ1) is 9.54. The van der Waals surface area contributed by atoms with Crippen molar-refractivity contribution in [2.75, 3.05) is 6.54 Å². The van der Waals surface area contributed by atoms with Crippen molar-refractivity contribution < 1.29 is 18.1 Å². The number of rotatable bonds is 6. The zero-order valence-corrected chi connectivity index (χ0v) is 13.2. The van der Waals surface area contributed by atoms with Crippen LogP contribution in [-0.4, -0.2) is 35.6 Å². The Morgan fingerprint density at radius 1 is 1.52 bits per heavy atom. The molecule has 118 valence electrons. The molecule has 1 aromatic rings. The van der Waals surface area contributed by atoms with Gasteiger partial charge in [0.2, 0.25) is 10.8 Å². The van der Waals surface area contributed by atoms with Crippen molar-refractivity contribution in [2.24, 2.45) is 5.92 Å². The molecule has 21 heavy (non-hydrogen) atoms. The van der Waals surface area contributed by atoms with E-state index in [9.17, 15) is 23.3 Å². The Balaban J connectivity index is 3.09. The molecule has 0 aromatic carbocycles. The van der Waals surface area contributed by atoms with Crippen LogP contribution in [0.2, 0.25) is 0 Å². The Kier molecular flexibility index (Phi) is 5.29. The van der Waals surface area contributed by atoms with E-state index in [1.165, 1.54) is 6.92 Å². The average Bonchev–Trinajstić information content (AvgIpc) is 2.79. The number of hydrogen-bond acceptors (Lipinski definition) is 6. The van der Waals surface area contributed by atoms with Gasteiger partial charge in [-0.3, -0.25) is 4.79 Å². The molecule has 0 bridgehead atoms. The summed E-state index contributed by atoms with van der Waals surface area (Å²) in [5.74, 6) is -1.11. The van der Waals surface area contributed by atoms with E-state index in [0.29, 0.717) is 6.54 Å². The van der Waals surface area contributed by atoms with Gasteiger partial charge in [-0.1, -0.05) is 13.8 Å². The number of aromatic nitrogens is 2. The van der Waals surface area contributed by atoms with Crippen molar-refractivity contribution >= 4 is 31.5 Å². The average molecular weight is 339 g/mol. The zero-order chi connectivity index (χ0) is 16.4. The van der Waals surface area contributed by atoms with Crippen molar-refractivity contribution in [1.29, 1.82) is 0 Å². The van der Waals surface area contributed by atoms with Gasteiger partial charge >= 0.3 is 5.82 Å². The van der Waals surface area contributed by atoms with Gasteiger partial charge in [0.25, 0.3) is 9.05 Å². The van der Waals surface area contributed by atoms with E-state index in [-0.39, 0.29) is 5.92 Å². The van der Waals surface area contributed by atoms with E-state index >= 15 is 0 Å². The molecule has 1 aromatic heterocycles. The van der Waals surface area contributed by atoms with Crippen LogP contribution >= 0.6 is 10.7 Å². The predicted octanol–water partition coefficient (Wildman–Crippen LogP) is 1.05. The number of hydrogen-bond donors (Lipinski definition) is 1. The normalized spacial score (nSPS) is 13.2. The van der Waals surface area contributed by atoms with Gasteiger partial charge in [0.1, 0.15) is 6.04 Å². The highest BCUT2D eigenvalue weighted by Gasteiger charge is 2.32. The Morgan fingerprint density at radius 2 is 2.10 bits per heavy atom. The summed E-state index contributed by atoms with van der Waals surface area (Å²) in [6, 6.07) is -0.908. The number of carbonyl (C=O) groups excluding carboxylic acids is 1. The van der Waals surface area contributed by atoms with Gasteiger partial charge in [-0.05, 0) is 17.8 Å². The molecule has 0 aliphatic heterocycles. The van der Waals surface area contributed by atoms with Gasteiger partial charge in [-0.25, -0.2) is 8.42 Å². The van der Waals surface area contributed by atoms with Crippen LogP contribution < -0.4 is 5.32 Å². The van der Waals surface area contributed by atoms with Crippen molar-refractivity contribution in [3.63, 3.8) is 0 Å². The number of carbonyl (C=O) groups is 1. The fourth-order valence-electron chi connectivity index (χ4n) is 1.43. The van der Waals surface area contributed by atoms with E-state index in [1.54, 1.807) is 0 Å². The minimum absolute atomic E-state index is 0.229. The first kappa shape index (κ1) is 17.4. The minimum Gasteiger partial charge on any atom is -0.358 e. The third-order valence-corrected chi connectivity index (χ3v) is 3.89. The Morgan fingerprint density at radius 3 is 2.48 bits per heavy atom. The number of nitro groups is 1. The fourth-order valence-corrected chi connectivity index (χ4v) is 2.33. The lowest BCUT2D eigenvalue weighted by molar-refractivity contribution is -0.392. The summed E-state index contributed by atoms with van der Waals surface area (Å²) in [6.07, 6.45) is 0.875. The smallest absolute Gasteiger partial charge is 0.358 e. The lowest BCUT2D eigenvalue weighted by Crippen LogP contribution is -2.33. The highest BCUT2D eigenvalue weighted by molar-refractivity contribution is 8.13. The second kappa shape index (κ2) is 6.39. The van der Waals surface area contributed by atoms with E-state index in [0.717, 1.165) is 10.9 Å². The molecular weight excluding hydrogens is 324 g/mol. The zero-order valence-electron chi connectivity index (χ0n) is 11.6. The molecule has 1 atom stereocenters. The van der Waals surface area contributed by atoms with Crippen LogP contribution in [0, 0.1) is 16.0 Å². The van der Waals surface area contributed by atoms with Crippen LogP contribution in [0.25, 0.3) is 0 Å². The lowest BCUT2D eigenvalue weighted by atomic mass is 10.2. The maximum Gasteiger partial charge on any atom is 0.410 e. The molecule has 0 saturated heterocycles. The van der Waals surface area contributed by atoms with Gasteiger partial charge < -0.3 is 15.4 Å². The minimum atomic E-state index is -4.33. The second-order valence-electron chi connectivity index (χ2n) is 4.81. The van der Waals surface area contributed by atoms with E-state index in [1.807, 2.05) is 13.8 Å². The standard InChI is InChI=1S/C10H15ClN4O5S/c1-6(2)4-12-10(16)7(3)14-5-8(21(11,19)20)9(13-14)15(17)18/h5-7H,4H2,1-3H3,(H,12,16). The SMILES string of the molecule is CC(C)CNC(=O)C(C)n1cc(S(=O)(=O)Cl)c([N+](=O)[O-])n1. The monoisotopic (exact) mass is 338 g/mol. The van der Waals surface area contributed by atoms with E-state index in [4.69, 9.17) is 10.7 Å². The van der Waals surface area contributed by atoms with Crippen LogP contribution in [0.5, 0.6) is 0 Å². The van der Waals surface area contributed by atoms with E-state index in [2.05, 4.69) is 10.4 Å². The van der Waals surface area contributed by atoms with Gasteiger partial charge in [-0.15, -0.1) is 0 Å². The molecular formula is C10H15ClN4O5S. The molecule has 11 heteroatoms. The third kappa shape index (κ3) is 4.39. The third-order valence-electron chi connectivity index (χ3n) is 2.58. The van der Waals surface area contributed by atoms with E-state index < -0.39 is 36.6 Å². The predicted molar refractivity (Wildman–Crippen MR) is 74.5 cm³/mol. The Bertz CT molecular complexity index is 654. The summed E-state index contributed by atoms with van der Waals surface area (Å²) < 4.78 is 23.5. The van der Waals surface area contributed by atoms with Gasteiger partial charge in [0.15, 0.2) is 0 Å². The molecule has 1 amide bonds. The summed E-state index contributed by atoms with van der Waals surface area (Å²) in [4.78, 5) is 21.0. The molecule has 1 N–H and O–H groups in total. The van der Waals surface area contributed by atoms with Crippen LogP contribution in [0.4, 0.5) is 5.82 Å². The molecule has 1 heterocycles. The summed E-state index contributed by atoms with van der Waals surface area (Å²) in [6.45, 7) is 5.67. The lowest BCUT2D eigenvalue weighted by Gasteiger charge is -2.11. The fraction of sp³-hybridized carbons (Fsp3) is 0.600. The van der Waals surface area contributed by atoms with Gasteiger partial charge in [0, 0.05) is 17.2 Å². The maximum absolute atomic E-state index is 11.9. The molecule has 1 rings (SSSR count). The van der Waals surface area contributed by atoms with Crippen LogP contribution in [0.15, 0.2) is 11.1 Å². The van der Waals surface area contributed by atoms with Gasteiger partial charge in [-0.2, -0.15) is 4.68 Å². The summed E-state index contributed by atoms with van der Waals surface area (Å²) in [5, 5.41) is 16.9. The van der Waals surface area contributed by atoms with Gasteiger partial charge in [0.05, 0.1) is 11.3 Å². The first-order valence-electron chi connectivity index (χ1n) is 6.00. The number of amides is 1. The molecule has 1 unspecified atom stereocenters.